The second-order valence-corrected chi connectivity index (χ2v) is 4.63. The van der Waals surface area contributed by atoms with E-state index in [2.05, 4.69) is 36.5 Å². The van der Waals surface area contributed by atoms with E-state index in [4.69, 9.17) is 5.73 Å². The molecule has 2 aromatic rings. The molecule has 7 heteroatoms. The fourth-order valence-corrected chi connectivity index (χ4v) is 1.88. The van der Waals surface area contributed by atoms with Gasteiger partial charge in [-0.05, 0) is 41.1 Å². The molecule has 2 rings (SSSR count). The van der Waals surface area contributed by atoms with Crippen molar-refractivity contribution in [2.75, 3.05) is 22.9 Å². The van der Waals surface area contributed by atoms with Gasteiger partial charge in [0.25, 0.3) is 0 Å². The van der Waals surface area contributed by atoms with Gasteiger partial charge in [-0.3, -0.25) is 0 Å². The molecule has 100 valence electrons. The topological polar surface area (TPSA) is 75.9 Å². The molecule has 0 saturated carbocycles. The molecular formula is C12H13BrFN5. The standard InChI is InChI=1S/C12H13BrFN5/c1-2-16-10-6-11(19-12(15)18-10)17-9-5-7(14)3-4-8(9)13/h3-6H,2H2,1H3,(H4,15,16,17,18,19). The molecule has 0 aliphatic heterocycles. The van der Waals surface area contributed by atoms with Crippen molar-refractivity contribution in [3.05, 3.63) is 34.6 Å². The summed E-state index contributed by atoms with van der Waals surface area (Å²) in [6.45, 7) is 2.67. The molecule has 5 nitrogen and oxygen atoms in total. The van der Waals surface area contributed by atoms with Crippen molar-refractivity contribution in [1.29, 1.82) is 0 Å². The maximum absolute atomic E-state index is 13.2. The van der Waals surface area contributed by atoms with Crippen LogP contribution >= 0.6 is 15.9 Å². The summed E-state index contributed by atoms with van der Waals surface area (Å²) in [5, 5.41) is 6.04. The fraction of sp³-hybridized carbons (Fsp3) is 0.167. The first-order chi connectivity index (χ1) is 9.08. The number of nitrogen functional groups attached to an aromatic ring is 1. The zero-order chi connectivity index (χ0) is 13.8. The summed E-state index contributed by atoms with van der Waals surface area (Å²) in [7, 11) is 0. The van der Waals surface area contributed by atoms with Gasteiger partial charge in [-0.1, -0.05) is 0 Å². The Labute approximate surface area is 118 Å². The van der Waals surface area contributed by atoms with Crippen molar-refractivity contribution < 1.29 is 4.39 Å². The zero-order valence-electron chi connectivity index (χ0n) is 10.2. The second-order valence-electron chi connectivity index (χ2n) is 3.78. The van der Waals surface area contributed by atoms with Gasteiger partial charge in [0.1, 0.15) is 17.5 Å². The van der Waals surface area contributed by atoms with Crippen molar-refractivity contribution >= 4 is 39.2 Å². The molecule has 0 saturated heterocycles. The molecule has 1 aromatic heterocycles. The van der Waals surface area contributed by atoms with E-state index in [0.717, 1.165) is 11.0 Å². The van der Waals surface area contributed by atoms with E-state index in [-0.39, 0.29) is 11.8 Å². The summed E-state index contributed by atoms with van der Waals surface area (Å²) in [5.74, 6) is 0.924. The molecular weight excluding hydrogens is 313 g/mol. The largest absolute Gasteiger partial charge is 0.370 e. The summed E-state index contributed by atoms with van der Waals surface area (Å²) in [6.07, 6.45) is 0. The van der Waals surface area contributed by atoms with Crippen LogP contribution in [0.4, 0.5) is 27.7 Å². The van der Waals surface area contributed by atoms with Crippen LogP contribution in [0.5, 0.6) is 0 Å². The lowest BCUT2D eigenvalue weighted by Crippen LogP contribution is -2.05. The molecule has 0 unspecified atom stereocenters. The van der Waals surface area contributed by atoms with Crippen LogP contribution in [0.25, 0.3) is 0 Å². The Hall–Kier alpha value is -1.89. The first-order valence-corrected chi connectivity index (χ1v) is 6.48. The third-order valence-corrected chi connectivity index (χ3v) is 2.98. The first kappa shape index (κ1) is 13.5. The lowest BCUT2D eigenvalue weighted by molar-refractivity contribution is 0.628. The zero-order valence-corrected chi connectivity index (χ0v) is 11.8. The highest BCUT2D eigenvalue weighted by molar-refractivity contribution is 9.10. The highest BCUT2D eigenvalue weighted by Gasteiger charge is 2.06. The van der Waals surface area contributed by atoms with Gasteiger partial charge in [0.15, 0.2) is 0 Å². The fourth-order valence-electron chi connectivity index (χ4n) is 1.53. The van der Waals surface area contributed by atoms with Crippen molar-refractivity contribution in [2.24, 2.45) is 0 Å². The number of nitrogens with two attached hydrogens (primary N) is 1. The number of hydrogen-bond acceptors (Lipinski definition) is 5. The Bertz CT molecular complexity index is 590. The minimum absolute atomic E-state index is 0.147. The molecule has 0 spiro atoms. The molecule has 1 aromatic carbocycles. The van der Waals surface area contributed by atoms with Crippen LogP contribution in [0, 0.1) is 5.82 Å². The Kier molecular flexibility index (Phi) is 4.16. The Balaban J connectivity index is 2.29. The van der Waals surface area contributed by atoms with Gasteiger partial charge >= 0.3 is 0 Å². The molecule has 0 atom stereocenters. The SMILES string of the molecule is CCNc1cc(Nc2cc(F)ccc2Br)nc(N)n1. The van der Waals surface area contributed by atoms with Crippen molar-refractivity contribution in [2.45, 2.75) is 6.92 Å². The molecule has 0 radical (unpaired) electrons. The van der Waals surface area contributed by atoms with Gasteiger partial charge in [-0.25, -0.2) is 4.39 Å². The summed E-state index contributed by atoms with van der Waals surface area (Å²) >= 11 is 3.34. The summed E-state index contributed by atoms with van der Waals surface area (Å²) in [5.41, 5.74) is 6.19. The van der Waals surface area contributed by atoms with E-state index in [0.29, 0.717) is 17.3 Å². The minimum atomic E-state index is -0.334. The van der Waals surface area contributed by atoms with E-state index >= 15 is 0 Å². The van der Waals surface area contributed by atoms with Gasteiger partial charge in [-0.2, -0.15) is 9.97 Å². The average Bonchev–Trinajstić information content (AvgIpc) is 2.33. The van der Waals surface area contributed by atoms with Gasteiger partial charge in [0.05, 0.1) is 5.69 Å². The van der Waals surface area contributed by atoms with E-state index in [1.807, 2.05) is 6.92 Å². The summed E-state index contributed by atoms with van der Waals surface area (Å²) < 4.78 is 13.9. The van der Waals surface area contributed by atoms with Gasteiger partial charge in [0.2, 0.25) is 5.95 Å². The number of halogens is 2. The Morgan fingerprint density at radius 1 is 1.26 bits per heavy atom. The molecule has 0 aliphatic rings. The summed E-state index contributed by atoms with van der Waals surface area (Å²) in [6, 6.07) is 6.06. The molecule has 0 amide bonds. The first-order valence-electron chi connectivity index (χ1n) is 5.69. The third kappa shape index (κ3) is 3.54. The van der Waals surface area contributed by atoms with E-state index < -0.39 is 0 Å². The smallest absolute Gasteiger partial charge is 0.223 e. The van der Waals surface area contributed by atoms with Crippen LogP contribution in [-0.4, -0.2) is 16.5 Å². The van der Waals surface area contributed by atoms with Crippen LogP contribution < -0.4 is 16.4 Å². The maximum atomic E-state index is 13.2. The lowest BCUT2D eigenvalue weighted by Gasteiger charge is -2.10. The van der Waals surface area contributed by atoms with Crippen LogP contribution in [-0.2, 0) is 0 Å². The number of anilines is 4. The number of nitrogens with zero attached hydrogens (tertiary/aromatic N) is 2. The predicted molar refractivity (Wildman–Crippen MR) is 78.0 cm³/mol. The molecule has 19 heavy (non-hydrogen) atoms. The number of aromatic nitrogens is 2. The lowest BCUT2D eigenvalue weighted by atomic mass is 10.3. The molecule has 4 N–H and O–H groups in total. The Morgan fingerprint density at radius 2 is 2.00 bits per heavy atom. The third-order valence-electron chi connectivity index (χ3n) is 2.29. The number of benzene rings is 1. The number of nitrogens with one attached hydrogen (secondary N) is 2. The monoisotopic (exact) mass is 325 g/mol. The minimum Gasteiger partial charge on any atom is -0.370 e. The van der Waals surface area contributed by atoms with Crippen molar-refractivity contribution in [3.63, 3.8) is 0 Å². The van der Waals surface area contributed by atoms with Crippen LogP contribution in [0.1, 0.15) is 6.92 Å². The molecule has 1 heterocycles. The Morgan fingerprint density at radius 3 is 2.74 bits per heavy atom. The molecule has 0 bridgehead atoms. The van der Waals surface area contributed by atoms with Gasteiger partial charge in [-0.15, -0.1) is 0 Å². The van der Waals surface area contributed by atoms with E-state index in [1.165, 1.54) is 12.1 Å². The molecule has 0 fully saturated rings. The number of rotatable bonds is 4. The average molecular weight is 326 g/mol. The van der Waals surface area contributed by atoms with Crippen LogP contribution in [0.3, 0.4) is 0 Å². The molecule has 0 aliphatic carbocycles. The van der Waals surface area contributed by atoms with Crippen molar-refractivity contribution in [1.82, 2.24) is 9.97 Å². The predicted octanol–water partition coefficient (Wildman–Crippen LogP) is 3.14. The second kappa shape index (κ2) is 5.83. The van der Waals surface area contributed by atoms with Gasteiger partial charge in [0, 0.05) is 17.1 Å². The van der Waals surface area contributed by atoms with Crippen LogP contribution in [0.15, 0.2) is 28.7 Å². The quantitative estimate of drug-likeness (QED) is 0.805. The van der Waals surface area contributed by atoms with Crippen molar-refractivity contribution in [3.8, 4) is 0 Å². The van der Waals surface area contributed by atoms with Crippen LogP contribution in [0.2, 0.25) is 0 Å². The number of hydrogen-bond donors (Lipinski definition) is 3. The highest BCUT2D eigenvalue weighted by Crippen LogP contribution is 2.26. The van der Waals surface area contributed by atoms with E-state index in [1.54, 1.807) is 12.1 Å². The maximum Gasteiger partial charge on any atom is 0.223 e. The van der Waals surface area contributed by atoms with Gasteiger partial charge < -0.3 is 16.4 Å². The highest BCUT2D eigenvalue weighted by atomic mass is 79.9. The van der Waals surface area contributed by atoms with E-state index in [9.17, 15) is 4.39 Å². The normalized spacial score (nSPS) is 10.3. The summed E-state index contributed by atoms with van der Waals surface area (Å²) in [4.78, 5) is 8.09.